The number of amides is 1. The number of aliphatic carboxylic acids is 2. The Balaban J connectivity index is 4.43. The van der Waals surface area contributed by atoms with Crippen molar-refractivity contribution in [2.24, 2.45) is 10.9 Å². The number of rotatable bonds is 9. The van der Waals surface area contributed by atoms with Crippen LogP contribution in [0.3, 0.4) is 0 Å². The molecule has 0 spiro atoms. The Morgan fingerprint density at radius 2 is 1.95 bits per heavy atom. The Labute approximate surface area is 116 Å². The van der Waals surface area contributed by atoms with E-state index in [1.165, 1.54) is 0 Å². The van der Waals surface area contributed by atoms with E-state index >= 15 is 0 Å². The fourth-order valence-corrected chi connectivity index (χ4v) is 3.23. The molecule has 0 aromatic heterocycles. The highest BCUT2D eigenvalue weighted by Gasteiger charge is 2.41. The average Bonchev–Trinajstić information content (AvgIpc) is 2.31. The van der Waals surface area contributed by atoms with E-state index in [1.807, 2.05) is 5.32 Å². The average molecular weight is 311 g/mol. The minimum Gasteiger partial charge on any atom is -0.480 e. The number of carbonyl (C=O) groups is 3. The van der Waals surface area contributed by atoms with E-state index in [1.54, 1.807) is 0 Å². The summed E-state index contributed by atoms with van der Waals surface area (Å²) in [5, 5.41) is 21.8. The molecular formula is C8H13N3O6S2. The van der Waals surface area contributed by atoms with E-state index in [-0.39, 0.29) is 11.5 Å². The van der Waals surface area contributed by atoms with Gasteiger partial charge in [-0.1, -0.05) is 21.6 Å². The molecule has 0 aliphatic rings. The molecule has 0 heterocycles. The van der Waals surface area contributed by atoms with Crippen LogP contribution in [0.1, 0.15) is 6.92 Å². The molecule has 0 aromatic carbocycles. The Kier molecular flexibility index (Phi) is 7.41. The molecule has 0 saturated heterocycles. The van der Waals surface area contributed by atoms with Crippen molar-refractivity contribution in [3.63, 3.8) is 0 Å². The van der Waals surface area contributed by atoms with Gasteiger partial charge in [0.1, 0.15) is 6.04 Å². The maximum Gasteiger partial charge on any atom is 0.357 e. The normalized spacial score (nSPS) is 15.1. The molecule has 0 aliphatic carbocycles. The van der Waals surface area contributed by atoms with Gasteiger partial charge in [0.2, 0.25) is 5.91 Å². The number of hydrogen-bond donors (Lipinski definition) is 4. The first-order chi connectivity index (χ1) is 8.75. The Hall–Kier alpha value is -1.33. The first-order valence-corrected chi connectivity index (χ1v) is 7.33. The highest BCUT2D eigenvalue weighted by molar-refractivity contribution is 8.76. The number of nitrogens with one attached hydrogen (secondary N) is 1. The van der Waals surface area contributed by atoms with Gasteiger partial charge in [-0.25, -0.2) is 4.79 Å². The van der Waals surface area contributed by atoms with Gasteiger partial charge in [0.25, 0.3) is 5.66 Å². The van der Waals surface area contributed by atoms with E-state index in [9.17, 15) is 19.3 Å². The van der Waals surface area contributed by atoms with Crippen LogP contribution in [0.2, 0.25) is 0 Å². The second-order valence-corrected chi connectivity index (χ2v) is 5.94. The lowest BCUT2D eigenvalue weighted by molar-refractivity contribution is -0.146. The molecule has 0 saturated carbocycles. The van der Waals surface area contributed by atoms with Crippen molar-refractivity contribution < 1.29 is 24.6 Å². The molecule has 19 heavy (non-hydrogen) atoms. The van der Waals surface area contributed by atoms with E-state index in [4.69, 9.17) is 15.9 Å². The highest BCUT2D eigenvalue weighted by atomic mass is 33.1. The summed E-state index contributed by atoms with van der Waals surface area (Å²) in [5.74, 6) is -3.81. The van der Waals surface area contributed by atoms with Crippen molar-refractivity contribution in [3.05, 3.63) is 4.91 Å². The zero-order valence-electron chi connectivity index (χ0n) is 9.86. The highest BCUT2D eigenvalue weighted by Crippen LogP contribution is 2.27. The number of carbonyl (C=O) groups excluding carboxylic acids is 1. The molecule has 0 bridgehead atoms. The molecule has 0 rings (SSSR count). The van der Waals surface area contributed by atoms with Gasteiger partial charge in [0.15, 0.2) is 0 Å². The Morgan fingerprint density at radius 3 is 2.32 bits per heavy atom. The molecule has 108 valence electrons. The first-order valence-electron chi connectivity index (χ1n) is 4.84. The van der Waals surface area contributed by atoms with Gasteiger partial charge < -0.3 is 21.3 Å². The maximum atomic E-state index is 11.0. The van der Waals surface area contributed by atoms with Crippen molar-refractivity contribution >= 4 is 39.4 Å². The number of nitrogens with two attached hydrogens (primary N) is 1. The summed E-state index contributed by atoms with van der Waals surface area (Å²) >= 11 is 0. The van der Waals surface area contributed by atoms with Gasteiger partial charge in [0.05, 0.1) is 5.75 Å². The monoisotopic (exact) mass is 311 g/mol. The lowest BCUT2D eigenvalue weighted by Crippen LogP contribution is -2.54. The number of nitrogens with zero attached hydrogens (tertiary/aromatic N) is 1. The second-order valence-electron chi connectivity index (χ2n) is 3.43. The van der Waals surface area contributed by atoms with Crippen LogP contribution < -0.4 is 11.1 Å². The third-order valence-corrected chi connectivity index (χ3v) is 4.27. The largest absolute Gasteiger partial charge is 0.480 e. The summed E-state index contributed by atoms with van der Waals surface area (Å²) in [5.41, 5.74) is 2.97. The molecule has 0 aromatic rings. The van der Waals surface area contributed by atoms with Crippen LogP contribution in [0, 0.1) is 4.91 Å². The quantitative estimate of drug-likeness (QED) is 0.249. The molecule has 2 unspecified atom stereocenters. The predicted molar refractivity (Wildman–Crippen MR) is 70.5 cm³/mol. The van der Waals surface area contributed by atoms with Gasteiger partial charge >= 0.3 is 11.9 Å². The van der Waals surface area contributed by atoms with Crippen LogP contribution in [0.5, 0.6) is 0 Å². The van der Waals surface area contributed by atoms with Crippen LogP contribution in [-0.4, -0.2) is 51.3 Å². The van der Waals surface area contributed by atoms with Crippen LogP contribution in [-0.2, 0) is 14.4 Å². The lowest BCUT2D eigenvalue weighted by atomic mass is 10.2. The first kappa shape index (κ1) is 17.7. The van der Waals surface area contributed by atoms with E-state index < -0.39 is 29.6 Å². The molecule has 5 N–H and O–H groups in total. The zero-order chi connectivity index (χ0) is 15.1. The summed E-state index contributed by atoms with van der Waals surface area (Å²) < 4.78 is 0. The zero-order valence-corrected chi connectivity index (χ0v) is 11.5. The number of carboxylic acids is 2. The molecule has 0 radical (unpaired) electrons. The van der Waals surface area contributed by atoms with Crippen LogP contribution in [0.4, 0.5) is 0 Å². The summed E-state index contributed by atoms with van der Waals surface area (Å²) in [7, 11) is 1.86. The third kappa shape index (κ3) is 5.89. The number of carboxylic acid groups (broad SMARTS) is 2. The van der Waals surface area contributed by atoms with Crippen LogP contribution in [0.25, 0.3) is 0 Å². The van der Waals surface area contributed by atoms with E-state index in [0.717, 1.165) is 28.5 Å². The van der Waals surface area contributed by atoms with Gasteiger partial charge in [-0.05, 0) is 5.18 Å². The smallest absolute Gasteiger partial charge is 0.357 e. The van der Waals surface area contributed by atoms with Crippen LogP contribution in [0.15, 0.2) is 5.18 Å². The second kappa shape index (κ2) is 7.96. The fourth-order valence-electron chi connectivity index (χ4n) is 0.850. The molecule has 1 amide bonds. The molecule has 11 heteroatoms. The van der Waals surface area contributed by atoms with Gasteiger partial charge in [-0.3, -0.25) is 9.59 Å². The molecule has 2 atom stereocenters. The number of hydrogen-bond acceptors (Lipinski definition) is 8. The molecule has 9 nitrogen and oxygen atoms in total. The molecular weight excluding hydrogens is 298 g/mol. The molecule has 0 aliphatic heterocycles. The standard InChI is InChI=1S/C8H13N3O6S2/c1-4(12)10-8(11-17,7(15)16)3-19-18-2-5(9)6(13)14/h5H,2-3,9H2,1H3,(H,10,12)(H,13,14)(H,15,16). The Bertz CT molecular complexity index is 379. The van der Waals surface area contributed by atoms with Crippen LogP contribution >= 0.6 is 21.6 Å². The third-order valence-electron chi connectivity index (χ3n) is 1.81. The molecule has 0 fully saturated rings. The maximum absolute atomic E-state index is 11.0. The van der Waals surface area contributed by atoms with Crippen molar-refractivity contribution in [2.75, 3.05) is 11.5 Å². The minimum atomic E-state index is -2.27. The predicted octanol–water partition coefficient (Wildman–Crippen LogP) is -0.537. The summed E-state index contributed by atoms with van der Waals surface area (Å²) in [6.07, 6.45) is 0. The van der Waals surface area contributed by atoms with E-state index in [0.29, 0.717) is 0 Å². The Morgan fingerprint density at radius 1 is 1.37 bits per heavy atom. The van der Waals surface area contributed by atoms with E-state index in [2.05, 4.69) is 5.18 Å². The topological polar surface area (TPSA) is 159 Å². The van der Waals surface area contributed by atoms with Crippen molar-refractivity contribution in [1.82, 2.24) is 5.32 Å². The number of nitroso groups, excluding NO2 is 1. The lowest BCUT2D eigenvalue weighted by Gasteiger charge is -2.21. The summed E-state index contributed by atoms with van der Waals surface area (Å²) in [6, 6.07) is -1.10. The van der Waals surface area contributed by atoms with Gasteiger partial charge in [0, 0.05) is 12.7 Å². The summed E-state index contributed by atoms with van der Waals surface area (Å²) in [4.78, 5) is 42.9. The van der Waals surface area contributed by atoms with Gasteiger partial charge in [-0.15, -0.1) is 4.91 Å². The van der Waals surface area contributed by atoms with Crippen molar-refractivity contribution in [3.8, 4) is 0 Å². The minimum absolute atomic E-state index is 0.0224. The summed E-state index contributed by atoms with van der Waals surface area (Å²) in [6.45, 7) is 1.06. The SMILES string of the molecule is CC(=O)NC(CSSCC(N)C(=O)O)(N=O)C(=O)O. The van der Waals surface area contributed by atoms with Crippen molar-refractivity contribution in [2.45, 2.75) is 18.6 Å². The fraction of sp³-hybridized carbons (Fsp3) is 0.625. The van der Waals surface area contributed by atoms with Crippen molar-refractivity contribution in [1.29, 1.82) is 0 Å². The van der Waals surface area contributed by atoms with Gasteiger partial charge in [-0.2, -0.15) is 0 Å².